The van der Waals surface area contributed by atoms with Crippen molar-refractivity contribution in [2.24, 2.45) is 0 Å². The molecule has 1 heterocycles. The molecule has 1 unspecified atom stereocenters. The molecule has 0 saturated carbocycles. The van der Waals surface area contributed by atoms with Gasteiger partial charge < -0.3 is 14.9 Å². The highest BCUT2D eigenvalue weighted by Gasteiger charge is 2.32. The average molecular weight is 242 g/mol. The summed E-state index contributed by atoms with van der Waals surface area (Å²) in [6, 6.07) is 0. The second-order valence-electron chi connectivity index (χ2n) is 5.01. The third-order valence-corrected chi connectivity index (χ3v) is 3.27. The molecule has 1 aliphatic rings. The zero-order chi connectivity index (χ0) is 12.9. The number of hydrogen-bond donors (Lipinski definition) is 2. The minimum atomic E-state index is -1.40. The molecule has 17 heavy (non-hydrogen) atoms. The van der Waals surface area contributed by atoms with Gasteiger partial charge in [0.1, 0.15) is 0 Å². The van der Waals surface area contributed by atoms with Crippen LogP contribution in [-0.2, 0) is 9.53 Å². The Morgan fingerprint density at radius 1 is 1.41 bits per heavy atom. The van der Waals surface area contributed by atoms with Gasteiger partial charge in [-0.15, -0.1) is 0 Å². The van der Waals surface area contributed by atoms with Crippen LogP contribution in [0.2, 0.25) is 0 Å². The van der Waals surface area contributed by atoms with Crippen LogP contribution in [0.5, 0.6) is 0 Å². The number of hydrogen-bond acceptors (Lipinski definition) is 4. The first-order chi connectivity index (χ1) is 7.87. The second-order valence-corrected chi connectivity index (χ2v) is 5.01. The number of rotatable bonds is 7. The van der Waals surface area contributed by atoms with E-state index in [1.54, 1.807) is 0 Å². The predicted molar refractivity (Wildman–Crippen MR) is 64.2 cm³/mol. The summed E-state index contributed by atoms with van der Waals surface area (Å²) < 4.78 is 4.77. The molecule has 0 aliphatic carbocycles. The van der Waals surface area contributed by atoms with E-state index in [2.05, 4.69) is 0 Å². The lowest BCUT2D eigenvalue weighted by Gasteiger charge is -2.22. The highest BCUT2D eigenvalue weighted by molar-refractivity contribution is 5.84. The maximum absolute atomic E-state index is 10.8. The van der Waals surface area contributed by atoms with Crippen molar-refractivity contribution in [3.8, 4) is 0 Å². The van der Waals surface area contributed by atoms with Crippen LogP contribution in [0.15, 0.2) is 12.2 Å². The zero-order valence-electron chi connectivity index (χ0n) is 10.6. The van der Waals surface area contributed by atoms with Crippen molar-refractivity contribution < 1.29 is 19.7 Å². The molecule has 0 radical (unpaired) electrons. The smallest absolute Gasteiger partial charge is 0.333 e. The minimum Gasteiger partial charge on any atom is -0.426 e. The summed E-state index contributed by atoms with van der Waals surface area (Å²) in [5, 5.41) is 19.6. The topological polar surface area (TPSA) is 66.8 Å². The van der Waals surface area contributed by atoms with Gasteiger partial charge >= 0.3 is 5.97 Å². The standard InChI is InChI=1S/C13H22O4/c1-3-12(2,15)8-5-4-6-9-13(16)10-7-11(14)17-13/h7,10,15-16H,3-6,8-9H2,1-2H3/t12?,13-/m0/s1. The van der Waals surface area contributed by atoms with Crippen LogP contribution >= 0.6 is 0 Å². The highest BCUT2D eigenvalue weighted by Crippen LogP contribution is 2.24. The fourth-order valence-electron chi connectivity index (χ4n) is 1.81. The first-order valence-corrected chi connectivity index (χ1v) is 6.24. The van der Waals surface area contributed by atoms with E-state index in [0.29, 0.717) is 6.42 Å². The molecule has 4 nitrogen and oxygen atoms in total. The van der Waals surface area contributed by atoms with Crippen LogP contribution in [-0.4, -0.2) is 27.6 Å². The Labute approximate surface area is 102 Å². The number of unbranched alkanes of at least 4 members (excludes halogenated alkanes) is 2. The molecule has 0 fully saturated rings. The van der Waals surface area contributed by atoms with E-state index in [9.17, 15) is 15.0 Å². The Bertz CT molecular complexity index is 296. The van der Waals surface area contributed by atoms with E-state index in [-0.39, 0.29) is 0 Å². The molecule has 98 valence electrons. The summed E-state index contributed by atoms with van der Waals surface area (Å²) in [5.74, 6) is -1.88. The Morgan fingerprint density at radius 2 is 2.12 bits per heavy atom. The van der Waals surface area contributed by atoms with Crippen molar-refractivity contribution in [2.45, 2.75) is 63.8 Å². The molecule has 0 spiro atoms. The van der Waals surface area contributed by atoms with Crippen molar-refractivity contribution in [2.75, 3.05) is 0 Å². The Kier molecular flexibility index (Phi) is 4.71. The molecule has 2 atom stereocenters. The van der Waals surface area contributed by atoms with E-state index in [1.165, 1.54) is 12.2 Å². The monoisotopic (exact) mass is 242 g/mol. The maximum Gasteiger partial charge on any atom is 0.333 e. The number of carbonyl (C=O) groups is 1. The number of carbonyl (C=O) groups excluding carboxylic acids is 1. The fraction of sp³-hybridized carbons (Fsp3) is 0.769. The van der Waals surface area contributed by atoms with Crippen LogP contribution in [0.25, 0.3) is 0 Å². The van der Waals surface area contributed by atoms with Gasteiger partial charge in [-0.3, -0.25) is 0 Å². The number of aliphatic hydroxyl groups is 2. The van der Waals surface area contributed by atoms with E-state index in [4.69, 9.17) is 4.74 Å². The van der Waals surface area contributed by atoms with Gasteiger partial charge in [-0.05, 0) is 32.3 Å². The quantitative estimate of drug-likeness (QED) is 0.528. The summed E-state index contributed by atoms with van der Waals surface area (Å²) in [7, 11) is 0. The average Bonchev–Trinajstić information content (AvgIpc) is 2.58. The molecular formula is C13H22O4. The van der Waals surface area contributed by atoms with Gasteiger partial charge in [-0.2, -0.15) is 0 Å². The molecule has 4 heteroatoms. The van der Waals surface area contributed by atoms with Crippen molar-refractivity contribution in [3.63, 3.8) is 0 Å². The normalized spacial score (nSPS) is 26.9. The molecule has 0 amide bonds. The van der Waals surface area contributed by atoms with Crippen molar-refractivity contribution in [1.29, 1.82) is 0 Å². The summed E-state index contributed by atoms with van der Waals surface area (Å²) in [6.45, 7) is 3.80. The van der Waals surface area contributed by atoms with Crippen LogP contribution in [0.3, 0.4) is 0 Å². The van der Waals surface area contributed by atoms with E-state index < -0.39 is 17.4 Å². The van der Waals surface area contributed by atoms with E-state index in [0.717, 1.165) is 32.1 Å². The van der Waals surface area contributed by atoms with Gasteiger partial charge in [0.05, 0.1) is 5.60 Å². The zero-order valence-corrected chi connectivity index (χ0v) is 10.6. The van der Waals surface area contributed by atoms with Crippen molar-refractivity contribution in [1.82, 2.24) is 0 Å². The van der Waals surface area contributed by atoms with Gasteiger partial charge in [0.15, 0.2) is 0 Å². The molecule has 1 aliphatic heterocycles. The van der Waals surface area contributed by atoms with E-state index in [1.807, 2.05) is 13.8 Å². The SMILES string of the molecule is CCC(C)(O)CCCCC[C@@]1(O)C=CC(=O)O1. The molecule has 0 aromatic carbocycles. The molecule has 0 bridgehead atoms. The third kappa shape index (κ3) is 4.88. The molecule has 2 N–H and O–H groups in total. The lowest BCUT2D eigenvalue weighted by molar-refractivity contribution is -0.180. The first-order valence-electron chi connectivity index (χ1n) is 6.24. The number of esters is 1. The van der Waals surface area contributed by atoms with Crippen LogP contribution in [0, 0.1) is 0 Å². The van der Waals surface area contributed by atoms with Gasteiger partial charge in [-0.1, -0.05) is 19.8 Å². The molecule has 0 aromatic heterocycles. The van der Waals surface area contributed by atoms with Gasteiger partial charge in [-0.25, -0.2) is 4.79 Å². The summed E-state index contributed by atoms with van der Waals surface area (Å²) >= 11 is 0. The Morgan fingerprint density at radius 3 is 2.65 bits per heavy atom. The summed E-state index contributed by atoms with van der Waals surface area (Å²) in [6.07, 6.45) is 7.17. The van der Waals surface area contributed by atoms with Crippen molar-refractivity contribution in [3.05, 3.63) is 12.2 Å². The van der Waals surface area contributed by atoms with Crippen molar-refractivity contribution >= 4 is 5.97 Å². The number of cyclic esters (lactones) is 1. The summed E-state index contributed by atoms with van der Waals surface area (Å²) in [4.78, 5) is 10.8. The van der Waals surface area contributed by atoms with Gasteiger partial charge in [0, 0.05) is 12.5 Å². The number of ether oxygens (including phenoxy) is 1. The molecule has 1 rings (SSSR count). The third-order valence-electron chi connectivity index (χ3n) is 3.27. The predicted octanol–water partition coefficient (Wildman–Crippen LogP) is 1.90. The molecular weight excluding hydrogens is 220 g/mol. The van der Waals surface area contributed by atoms with Gasteiger partial charge in [0.2, 0.25) is 5.79 Å². The lowest BCUT2D eigenvalue weighted by Crippen LogP contribution is -2.27. The Hall–Kier alpha value is -0.870. The first kappa shape index (κ1) is 14.2. The lowest BCUT2D eigenvalue weighted by atomic mass is 9.95. The van der Waals surface area contributed by atoms with Crippen LogP contribution < -0.4 is 0 Å². The summed E-state index contributed by atoms with van der Waals surface area (Å²) in [5.41, 5.74) is -0.587. The second kappa shape index (κ2) is 5.65. The largest absolute Gasteiger partial charge is 0.426 e. The molecule has 0 saturated heterocycles. The van der Waals surface area contributed by atoms with E-state index >= 15 is 0 Å². The van der Waals surface area contributed by atoms with Crippen LogP contribution in [0.1, 0.15) is 52.4 Å². The highest BCUT2D eigenvalue weighted by atomic mass is 16.7. The molecule has 0 aromatic rings. The fourth-order valence-corrected chi connectivity index (χ4v) is 1.81. The van der Waals surface area contributed by atoms with Crippen LogP contribution in [0.4, 0.5) is 0 Å². The Balaban J connectivity index is 2.13. The van der Waals surface area contributed by atoms with Gasteiger partial charge in [0.25, 0.3) is 0 Å². The minimum absolute atomic E-state index is 0.420. The maximum atomic E-state index is 10.8.